The maximum Gasteiger partial charge on any atom is 0.125 e. The van der Waals surface area contributed by atoms with Crippen LogP contribution < -0.4 is 4.31 Å². The zero-order chi connectivity index (χ0) is 9.26. The molecule has 0 saturated heterocycles. The Morgan fingerprint density at radius 1 is 1.38 bits per heavy atom. The topological polar surface area (TPSA) is 4.44 Å². The van der Waals surface area contributed by atoms with Gasteiger partial charge in [-0.15, -0.1) is 6.58 Å². The van der Waals surface area contributed by atoms with E-state index in [4.69, 9.17) is 12.8 Å². The van der Waals surface area contributed by atoms with Crippen LogP contribution in [0.25, 0.3) is 6.08 Å². The van der Waals surface area contributed by atoms with Gasteiger partial charge in [-0.1, -0.05) is 18.2 Å². The maximum atomic E-state index is 5.34. The summed E-state index contributed by atoms with van der Waals surface area (Å²) in [5.41, 5.74) is 3.64. The van der Waals surface area contributed by atoms with Crippen LogP contribution in [-0.2, 0) is 12.8 Å². The van der Waals surface area contributed by atoms with Crippen LogP contribution in [0.1, 0.15) is 12.0 Å². The summed E-state index contributed by atoms with van der Waals surface area (Å²) in [6, 6.07) is 8.23. The number of rotatable bonds is 2. The number of benzene rings is 1. The molecule has 1 nitrogen and oxygen atoms in total. The van der Waals surface area contributed by atoms with Gasteiger partial charge in [0.2, 0.25) is 0 Å². The Morgan fingerprint density at radius 2 is 2.15 bits per heavy atom. The fourth-order valence-electron chi connectivity index (χ4n) is 1.56. The molecule has 1 aliphatic rings. The van der Waals surface area contributed by atoms with Crippen LogP contribution in [0.4, 0.5) is 5.69 Å². The minimum absolute atomic E-state index is 0.869. The molecule has 1 atom stereocenters. The van der Waals surface area contributed by atoms with Crippen molar-refractivity contribution in [3.05, 3.63) is 48.2 Å². The van der Waals surface area contributed by atoms with Crippen LogP contribution in [0.2, 0.25) is 0 Å². The van der Waals surface area contributed by atoms with E-state index in [1.165, 1.54) is 16.9 Å². The van der Waals surface area contributed by atoms with Crippen LogP contribution in [0.15, 0.2) is 42.6 Å². The fourth-order valence-corrected chi connectivity index (χ4v) is 1.89. The van der Waals surface area contributed by atoms with E-state index in [-0.39, 0.29) is 0 Å². The van der Waals surface area contributed by atoms with Crippen LogP contribution in [0.3, 0.4) is 0 Å². The van der Waals surface area contributed by atoms with Gasteiger partial charge in [0, 0.05) is 18.1 Å². The number of nitrogens with one attached hydrogen (secondary N) is 1. The van der Waals surface area contributed by atoms with Crippen molar-refractivity contribution >= 4 is 24.6 Å². The molecule has 0 saturated carbocycles. The molecule has 0 fully saturated rings. The summed E-state index contributed by atoms with van der Waals surface area (Å²) in [5, 5.41) is 0. The molecule has 0 aromatic heterocycles. The Labute approximate surface area is 83.9 Å². The van der Waals surface area contributed by atoms with Gasteiger partial charge in [0.05, 0.1) is 5.70 Å². The van der Waals surface area contributed by atoms with Crippen molar-refractivity contribution in [1.29, 1.82) is 0 Å². The van der Waals surface area contributed by atoms with Crippen molar-refractivity contribution < 1.29 is 4.31 Å². The average Bonchev–Trinajstić information content (AvgIpc) is 2.46. The molecule has 1 aromatic rings. The highest BCUT2D eigenvalue weighted by Crippen LogP contribution is 2.20. The summed E-state index contributed by atoms with van der Waals surface area (Å²) in [6.07, 6.45) is 4.91. The summed E-state index contributed by atoms with van der Waals surface area (Å²) in [5.74, 6) is 0. The highest BCUT2D eigenvalue weighted by Gasteiger charge is 2.17. The van der Waals surface area contributed by atoms with Crippen molar-refractivity contribution in [2.75, 3.05) is 0 Å². The lowest BCUT2D eigenvalue weighted by Gasteiger charge is -2.20. The van der Waals surface area contributed by atoms with Crippen LogP contribution in [-0.4, -0.2) is 0 Å². The lowest BCUT2D eigenvalue weighted by atomic mass is 10.2. The predicted octanol–water partition coefficient (Wildman–Crippen LogP) is 1.60. The standard InChI is InChI=1S/C11H11NS/c1-2-5-10-8-9-6-3-4-7-11(9)12(10)13/h2-4,6-8,12H,1,5H2. The number of quaternary nitrogens is 1. The van der Waals surface area contributed by atoms with Crippen molar-refractivity contribution in [2.24, 2.45) is 0 Å². The van der Waals surface area contributed by atoms with Gasteiger partial charge in [0.25, 0.3) is 0 Å². The smallest absolute Gasteiger partial charge is 0.125 e. The molecule has 0 radical (unpaired) electrons. The van der Waals surface area contributed by atoms with E-state index >= 15 is 0 Å². The highest BCUT2D eigenvalue weighted by atomic mass is 32.1. The molecule has 66 valence electrons. The second kappa shape index (κ2) is 3.40. The van der Waals surface area contributed by atoms with Gasteiger partial charge in [0.1, 0.15) is 5.69 Å². The number of hydrogen-bond donors (Lipinski definition) is 1. The number of allylic oxidation sites excluding steroid dienone is 1. The van der Waals surface area contributed by atoms with Gasteiger partial charge < -0.3 is 17.1 Å². The molecule has 1 heterocycles. The quantitative estimate of drug-likeness (QED) is 0.547. The molecule has 13 heavy (non-hydrogen) atoms. The van der Waals surface area contributed by atoms with Crippen LogP contribution in [0, 0.1) is 0 Å². The van der Waals surface area contributed by atoms with Crippen molar-refractivity contribution in [2.45, 2.75) is 6.42 Å². The van der Waals surface area contributed by atoms with Crippen molar-refractivity contribution in [1.82, 2.24) is 0 Å². The molecule has 1 aliphatic heterocycles. The van der Waals surface area contributed by atoms with E-state index in [0.717, 1.165) is 10.7 Å². The molecule has 0 amide bonds. The van der Waals surface area contributed by atoms with E-state index in [1.54, 1.807) is 0 Å². The van der Waals surface area contributed by atoms with Crippen molar-refractivity contribution in [3.63, 3.8) is 0 Å². The van der Waals surface area contributed by atoms with Gasteiger partial charge >= 0.3 is 0 Å². The number of hydrogen-bond acceptors (Lipinski definition) is 1. The predicted molar refractivity (Wildman–Crippen MR) is 57.2 cm³/mol. The zero-order valence-corrected chi connectivity index (χ0v) is 8.10. The third-order valence-electron chi connectivity index (χ3n) is 2.19. The first-order chi connectivity index (χ1) is 6.33. The van der Waals surface area contributed by atoms with Gasteiger partial charge in [0.15, 0.2) is 0 Å². The highest BCUT2D eigenvalue weighted by molar-refractivity contribution is 7.51. The summed E-state index contributed by atoms with van der Waals surface area (Å²) < 4.78 is 0.982. The molecule has 0 spiro atoms. The molecule has 0 aliphatic carbocycles. The first-order valence-corrected chi connectivity index (χ1v) is 4.69. The summed E-state index contributed by atoms with van der Waals surface area (Å²) >= 11 is 5.34. The van der Waals surface area contributed by atoms with Crippen LogP contribution >= 0.6 is 0 Å². The molecular formula is C11H11NS. The number of para-hydroxylation sites is 1. The Morgan fingerprint density at radius 3 is 2.85 bits per heavy atom. The first kappa shape index (κ1) is 8.60. The lowest BCUT2D eigenvalue weighted by Crippen LogP contribution is -2.99. The van der Waals surface area contributed by atoms with E-state index in [9.17, 15) is 0 Å². The molecular weight excluding hydrogens is 178 g/mol. The lowest BCUT2D eigenvalue weighted by molar-refractivity contribution is -0.623. The third kappa shape index (κ3) is 1.43. The second-order valence-corrected chi connectivity index (χ2v) is 3.49. The molecule has 1 aromatic carbocycles. The normalized spacial score (nSPS) is 19.5. The Hall–Kier alpha value is -0.990. The first-order valence-electron chi connectivity index (χ1n) is 4.28. The summed E-state index contributed by atoms with van der Waals surface area (Å²) in [6.45, 7) is 3.72. The average molecular weight is 189 g/mol. The second-order valence-electron chi connectivity index (χ2n) is 3.08. The minimum atomic E-state index is 0.869. The van der Waals surface area contributed by atoms with Crippen LogP contribution in [0.5, 0.6) is 0 Å². The largest absolute Gasteiger partial charge is 0.484 e. The maximum absolute atomic E-state index is 5.34. The Kier molecular flexibility index (Phi) is 2.25. The summed E-state index contributed by atoms with van der Waals surface area (Å²) in [4.78, 5) is 0. The van der Waals surface area contributed by atoms with Crippen molar-refractivity contribution in [3.8, 4) is 0 Å². The van der Waals surface area contributed by atoms with Gasteiger partial charge in [-0.3, -0.25) is 0 Å². The van der Waals surface area contributed by atoms with E-state index in [1.807, 2.05) is 18.2 Å². The number of fused-ring (bicyclic) bond motifs is 1. The monoisotopic (exact) mass is 189 g/mol. The van der Waals surface area contributed by atoms with E-state index < -0.39 is 0 Å². The minimum Gasteiger partial charge on any atom is -0.484 e. The molecule has 1 unspecified atom stereocenters. The zero-order valence-electron chi connectivity index (χ0n) is 7.29. The van der Waals surface area contributed by atoms with Gasteiger partial charge in [-0.05, 0) is 12.1 Å². The summed E-state index contributed by atoms with van der Waals surface area (Å²) in [7, 11) is 0. The molecule has 0 bridgehead atoms. The van der Waals surface area contributed by atoms with E-state index in [0.29, 0.717) is 0 Å². The molecule has 1 N–H and O–H groups in total. The molecule has 2 heteroatoms. The van der Waals surface area contributed by atoms with Gasteiger partial charge in [-0.2, -0.15) is 0 Å². The Balaban J connectivity index is 2.38. The van der Waals surface area contributed by atoms with Gasteiger partial charge in [-0.25, -0.2) is 0 Å². The SMILES string of the molecule is C=CCC1=Cc2ccccc2[NH+]1[S-]. The Bertz CT molecular complexity index is 368. The fraction of sp³-hybridized carbons (Fsp3) is 0.0909. The van der Waals surface area contributed by atoms with E-state index in [2.05, 4.69) is 24.8 Å². The molecule has 2 rings (SSSR count). The third-order valence-corrected chi connectivity index (χ3v) is 2.67.